The van der Waals surface area contributed by atoms with Crippen LogP contribution >= 0.6 is 0 Å². The average Bonchev–Trinajstić information content (AvgIpc) is 2.63. The molecule has 1 heterocycles. The molecule has 0 aliphatic carbocycles. The first kappa shape index (κ1) is 11.3. The number of halogens is 2. The number of carbonyl (C=O) groups excluding carboxylic acids is 1. The number of rotatable bonds is 2. The summed E-state index contributed by atoms with van der Waals surface area (Å²) in [6.07, 6.45) is 1.64. The summed E-state index contributed by atoms with van der Waals surface area (Å²) in [5, 5.41) is 6.32. The molecule has 1 N–H and O–H groups in total. The zero-order valence-electron chi connectivity index (χ0n) is 8.95. The van der Waals surface area contributed by atoms with E-state index < -0.39 is 17.5 Å². The van der Waals surface area contributed by atoms with Gasteiger partial charge >= 0.3 is 0 Å². The van der Waals surface area contributed by atoms with Gasteiger partial charge in [-0.05, 0) is 12.1 Å². The number of nitrogens with zero attached hydrogens (tertiary/aromatic N) is 2. The molecule has 17 heavy (non-hydrogen) atoms. The molecule has 6 heteroatoms. The van der Waals surface area contributed by atoms with Crippen LogP contribution in [0.5, 0.6) is 0 Å². The Balaban J connectivity index is 2.20. The van der Waals surface area contributed by atoms with E-state index in [4.69, 9.17) is 0 Å². The topological polar surface area (TPSA) is 46.9 Å². The number of carbonyl (C=O) groups is 1. The lowest BCUT2D eigenvalue weighted by Crippen LogP contribution is -2.14. The molecule has 2 rings (SSSR count). The molecule has 0 unspecified atom stereocenters. The Morgan fingerprint density at radius 2 is 2.12 bits per heavy atom. The highest BCUT2D eigenvalue weighted by molar-refractivity contribution is 6.03. The van der Waals surface area contributed by atoms with Gasteiger partial charge in [-0.2, -0.15) is 5.10 Å². The summed E-state index contributed by atoms with van der Waals surface area (Å²) in [7, 11) is 1.69. The van der Waals surface area contributed by atoms with E-state index in [-0.39, 0.29) is 5.56 Å². The number of hydrogen-bond donors (Lipinski definition) is 1. The van der Waals surface area contributed by atoms with Crippen molar-refractivity contribution in [2.45, 2.75) is 0 Å². The molecule has 0 radical (unpaired) electrons. The highest BCUT2D eigenvalue weighted by atomic mass is 19.1. The summed E-state index contributed by atoms with van der Waals surface area (Å²) in [5.74, 6) is -1.99. The van der Waals surface area contributed by atoms with Crippen LogP contribution in [0.1, 0.15) is 10.4 Å². The highest BCUT2D eigenvalue weighted by Gasteiger charge is 2.13. The summed E-state index contributed by atoms with van der Waals surface area (Å²) in [4.78, 5) is 11.6. The van der Waals surface area contributed by atoms with Crippen molar-refractivity contribution in [1.29, 1.82) is 0 Å². The van der Waals surface area contributed by atoms with Crippen LogP contribution in [0.3, 0.4) is 0 Å². The molecule has 88 valence electrons. The van der Waals surface area contributed by atoms with Crippen molar-refractivity contribution in [3.8, 4) is 0 Å². The second-order valence-electron chi connectivity index (χ2n) is 3.45. The van der Waals surface area contributed by atoms with E-state index >= 15 is 0 Å². The Kier molecular flexibility index (Phi) is 2.86. The molecule has 2 aromatic rings. The van der Waals surface area contributed by atoms with Gasteiger partial charge in [-0.25, -0.2) is 8.78 Å². The summed E-state index contributed by atoms with van der Waals surface area (Å²) in [5.41, 5.74) is -0.225. The Morgan fingerprint density at radius 3 is 2.71 bits per heavy atom. The molecule has 0 bridgehead atoms. The Morgan fingerprint density at radius 1 is 1.35 bits per heavy atom. The number of benzene rings is 1. The van der Waals surface area contributed by atoms with Gasteiger partial charge in [0.15, 0.2) is 5.82 Å². The maximum Gasteiger partial charge on any atom is 0.259 e. The molecule has 0 saturated heterocycles. The Bertz CT molecular complexity index is 566. The van der Waals surface area contributed by atoms with E-state index in [1.807, 2.05) is 0 Å². The lowest BCUT2D eigenvalue weighted by molar-refractivity contribution is 0.102. The molecule has 0 atom stereocenters. The third-order valence-corrected chi connectivity index (χ3v) is 2.13. The summed E-state index contributed by atoms with van der Waals surface area (Å²) in [6.45, 7) is 0. The summed E-state index contributed by atoms with van der Waals surface area (Å²) in [6, 6.07) is 4.34. The third kappa shape index (κ3) is 2.47. The normalized spacial score (nSPS) is 10.3. The predicted molar refractivity (Wildman–Crippen MR) is 57.5 cm³/mol. The number of amides is 1. The van der Waals surface area contributed by atoms with Gasteiger partial charge in [-0.3, -0.25) is 9.48 Å². The zero-order valence-corrected chi connectivity index (χ0v) is 8.95. The van der Waals surface area contributed by atoms with Crippen molar-refractivity contribution in [2.24, 2.45) is 7.05 Å². The van der Waals surface area contributed by atoms with E-state index in [2.05, 4.69) is 10.4 Å². The van der Waals surface area contributed by atoms with E-state index in [0.717, 1.165) is 12.1 Å². The molecule has 0 fully saturated rings. The third-order valence-electron chi connectivity index (χ3n) is 2.13. The molecular formula is C11H9F2N3O. The van der Waals surface area contributed by atoms with Crippen molar-refractivity contribution >= 4 is 11.7 Å². The van der Waals surface area contributed by atoms with Gasteiger partial charge in [0.05, 0.1) is 5.56 Å². The monoisotopic (exact) mass is 237 g/mol. The molecule has 0 saturated carbocycles. The van der Waals surface area contributed by atoms with Crippen LogP contribution in [0, 0.1) is 11.6 Å². The van der Waals surface area contributed by atoms with E-state index in [1.165, 1.54) is 4.68 Å². The largest absolute Gasteiger partial charge is 0.305 e. The predicted octanol–water partition coefficient (Wildman–Crippen LogP) is 1.95. The lowest BCUT2D eigenvalue weighted by Gasteiger charge is -2.03. The van der Waals surface area contributed by atoms with Crippen LogP contribution in [0.25, 0.3) is 0 Å². The van der Waals surface area contributed by atoms with Gasteiger partial charge in [-0.1, -0.05) is 0 Å². The second kappa shape index (κ2) is 4.32. The fourth-order valence-corrected chi connectivity index (χ4v) is 1.34. The van der Waals surface area contributed by atoms with Crippen LogP contribution in [0.15, 0.2) is 30.5 Å². The first-order valence-corrected chi connectivity index (χ1v) is 4.82. The molecule has 4 nitrogen and oxygen atoms in total. The van der Waals surface area contributed by atoms with Gasteiger partial charge in [0.1, 0.15) is 11.6 Å². The van der Waals surface area contributed by atoms with Gasteiger partial charge in [-0.15, -0.1) is 0 Å². The van der Waals surface area contributed by atoms with Gasteiger partial charge in [0.25, 0.3) is 5.91 Å². The summed E-state index contributed by atoms with van der Waals surface area (Å²) < 4.78 is 27.4. The maximum absolute atomic E-state index is 13.3. The Labute approximate surface area is 95.9 Å². The van der Waals surface area contributed by atoms with Crippen LogP contribution in [-0.2, 0) is 7.05 Å². The van der Waals surface area contributed by atoms with Crippen LogP contribution in [-0.4, -0.2) is 15.7 Å². The number of aromatic nitrogens is 2. The fraction of sp³-hybridized carbons (Fsp3) is 0.0909. The van der Waals surface area contributed by atoms with Gasteiger partial charge < -0.3 is 5.32 Å². The molecule has 1 aromatic carbocycles. The molecule has 0 spiro atoms. The molecular weight excluding hydrogens is 228 g/mol. The van der Waals surface area contributed by atoms with Crippen molar-refractivity contribution in [3.05, 3.63) is 47.7 Å². The standard InChI is InChI=1S/C11H9F2N3O/c1-16-5-4-10(15-16)14-11(17)8-3-2-7(12)6-9(8)13/h2-6H,1H3,(H,14,15,17). The molecule has 1 amide bonds. The SMILES string of the molecule is Cn1ccc(NC(=O)c2ccc(F)cc2F)n1. The highest BCUT2D eigenvalue weighted by Crippen LogP contribution is 2.11. The quantitative estimate of drug-likeness (QED) is 0.867. The minimum absolute atomic E-state index is 0.225. The average molecular weight is 237 g/mol. The number of anilines is 1. The van der Waals surface area contributed by atoms with Gasteiger partial charge in [0.2, 0.25) is 0 Å². The first-order valence-electron chi connectivity index (χ1n) is 4.82. The molecule has 1 aromatic heterocycles. The second-order valence-corrected chi connectivity index (χ2v) is 3.45. The van der Waals surface area contributed by atoms with E-state index in [1.54, 1.807) is 19.3 Å². The van der Waals surface area contributed by atoms with Crippen LogP contribution in [0.4, 0.5) is 14.6 Å². The fourth-order valence-electron chi connectivity index (χ4n) is 1.34. The van der Waals surface area contributed by atoms with Crippen molar-refractivity contribution in [3.63, 3.8) is 0 Å². The van der Waals surface area contributed by atoms with Crippen molar-refractivity contribution < 1.29 is 13.6 Å². The summed E-state index contributed by atoms with van der Waals surface area (Å²) >= 11 is 0. The van der Waals surface area contributed by atoms with Crippen LogP contribution < -0.4 is 5.32 Å². The molecule has 0 aliphatic rings. The van der Waals surface area contributed by atoms with Crippen molar-refractivity contribution in [2.75, 3.05) is 5.32 Å². The van der Waals surface area contributed by atoms with Gasteiger partial charge in [0, 0.05) is 25.4 Å². The van der Waals surface area contributed by atoms with E-state index in [0.29, 0.717) is 11.9 Å². The number of nitrogens with one attached hydrogen (secondary N) is 1. The maximum atomic E-state index is 13.3. The zero-order chi connectivity index (χ0) is 12.4. The minimum atomic E-state index is -0.904. The smallest absolute Gasteiger partial charge is 0.259 e. The first-order chi connectivity index (χ1) is 8.06. The minimum Gasteiger partial charge on any atom is -0.305 e. The van der Waals surface area contributed by atoms with Crippen molar-refractivity contribution in [1.82, 2.24) is 9.78 Å². The molecule has 0 aliphatic heterocycles. The number of hydrogen-bond acceptors (Lipinski definition) is 2. The number of aryl methyl sites for hydroxylation is 1. The Hall–Kier alpha value is -2.24. The van der Waals surface area contributed by atoms with E-state index in [9.17, 15) is 13.6 Å². The van der Waals surface area contributed by atoms with Crippen LogP contribution in [0.2, 0.25) is 0 Å². The lowest BCUT2D eigenvalue weighted by atomic mass is 10.2.